The fourth-order valence-corrected chi connectivity index (χ4v) is 3.98. The Morgan fingerprint density at radius 1 is 0.857 bits per heavy atom. The number of ether oxygens (including phenoxy) is 1. The first-order chi connectivity index (χ1) is 19.4. The SMILES string of the molecule is CC(C)(C)C(=O)/C=C(\O)C(C)(C)C.COc1cc[c-]c(-c2ccc3cc(-n4cccc4)c(-n4cccc4)cc3n2)c1.[Ir]. The van der Waals surface area contributed by atoms with Crippen LogP contribution in [0.2, 0.25) is 0 Å². The van der Waals surface area contributed by atoms with Crippen LogP contribution in [0.4, 0.5) is 0 Å². The average molecular weight is 741 g/mol. The molecule has 0 amide bonds. The van der Waals surface area contributed by atoms with E-state index in [1.807, 2.05) is 102 Å². The van der Waals surface area contributed by atoms with Gasteiger partial charge in [0.25, 0.3) is 0 Å². The van der Waals surface area contributed by atoms with Crippen molar-refractivity contribution in [3.05, 3.63) is 109 Å². The average Bonchev–Trinajstić information content (AvgIpc) is 3.66. The Balaban J connectivity index is 0.000000297. The summed E-state index contributed by atoms with van der Waals surface area (Å²) in [7, 11) is 1.67. The second-order valence-corrected chi connectivity index (χ2v) is 11.9. The molecule has 7 heteroatoms. The molecule has 3 aromatic heterocycles. The number of ketones is 1. The summed E-state index contributed by atoms with van der Waals surface area (Å²) in [6.45, 7) is 11.1. The van der Waals surface area contributed by atoms with Crippen LogP contribution in [0, 0.1) is 16.9 Å². The Labute approximate surface area is 262 Å². The molecule has 0 unspecified atom stereocenters. The maximum absolute atomic E-state index is 11.5. The van der Waals surface area contributed by atoms with Gasteiger partial charge < -0.3 is 19.0 Å². The van der Waals surface area contributed by atoms with Gasteiger partial charge in [-0.3, -0.25) is 9.78 Å². The van der Waals surface area contributed by atoms with Gasteiger partial charge in [0.1, 0.15) is 5.76 Å². The van der Waals surface area contributed by atoms with Gasteiger partial charge in [0.05, 0.1) is 24.0 Å². The second kappa shape index (κ2) is 13.4. The minimum absolute atomic E-state index is 0. The van der Waals surface area contributed by atoms with Crippen LogP contribution in [-0.4, -0.2) is 32.1 Å². The van der Waals surface area contributed by atoms with E-state index in [1.54, 1.807) is 7.11 Å². The molecule has 0 saturated carbocycles. The number of aromatic nitrogens is 3. The topological polar surface area (TPSA) is 69.3 Å². The minimum Gasteiger partial charge on any atom is -0.516 e. The zero-order chi connectivity index (χ0) is 29.8. The number of aliphatic hydroxyl groups is 1. The van der Waals surface area contributed by atoms with E-state index in [9.17, 15) is 9.90 Å². The third kappa shape index (κ3) is 7.87. The van der Waals surface area contributed by atoms with E-state index < -0.39 is 5.41 Å². The maximum atomic E-state index is 11.5. The van der Waals surface area contributed by atoms with Crippen LogP contribution in [0.5, 0.6) is 5.75 Å². The van der Waals surface area contributed by atoms with Crippen molar-refractivity contribution in [2.75, 3.05) is 7.11 Å². The summed E-state index contributed by atoms with van der Waals surface area (Å²) in [5.74, 6) is 0.902. The summed E-state index contributed by atoms with van der Waals surface area (Å²) in [6.07, 6.45) is 9.55. The molecule has 1 radical (unpaired) electrons. The molecule has 5 aromatic rings. The number of aliphatic hydroxyl groups excluding tert-OH is 1. The van der Waals surface area contributed by atoms with Gasteiger partial charge in [-0.05, 0) is 42.1 Å². The molecule has 2 aromatic carbocycles. The van der Waals surface area contributed by atoms with Gasteiger partial charge in [-0.15, -0.1) is 29.8 Å². The fourth-order valence-electron chi connectivity index (χ4n) is 3.98. The van der Waals surface area contributed by atoms with Crippen molar-refractivity contribution < 1.29 is 34.7 Å². The molecule has 42 heavy (non-hydrogen) atoms. The van der Waals surface area contributed by atoms with Crippen LogP contribution in [0.25, 0.3) is 33.5 Å². The van der Waals surface area contributed by atoms with Crippen LogP contribution in [0.3, 0.4) is 0 Å². The van der Waals surface area contributed by atoms with E-state index in [-0.39, 0.29) is 37.1 Å². The number of fused-ring (bicyclic) bond motifs is 1. The molecule has 221 valence electrons. The quantitative estimate of drug-likeness (QED) is 0.112. The molecule has 0 aliphatic rings. The summed E-state index contributed by atoms with van der Waals surface area (Å²) in [6, 6.07) is 25.5. The number of hydrogen-bond acceptors (Lipinski definition) is 4. The van der Waals surface area contributed by atoms with Crippen molar-refractivity contribution in [2.24, 2.45) is 10.8 Å². The largest absolute Gasteiger partial charge is 0.516 e. The van der Waals surface area contributed by atoms with Gasteiger partial charge in [-0.2, -0.15) is 0 Å². The molecule has 0 saturated heterocycles. The summed E-state index contributed by atoms with van der Waals surface area (Å²) in [5.41, 5.74) is 4.15. The maximum Gasteiger partial charge on any atom is 0.164 e. The van der Waals surface area contributed by atoms with Crippen molar-refractivity contribution in [3.63, 3.8) is 0 Å². The first-order valence-electron chi connectivity index (χ1n) is 13.6. The second-order valence-electron chi connectivity index (χ2n) is 11.9. The molecule has 0 atom stereocenters. The van der Waals surface area contributed by atoms with E-state index in [0.717, 1.165) is 39.3 Å². The number of methoxy groups -OCH3 is 1. The molecular weight excluding hydrogens is 703 g/mol. The molecule has 5 rings (SSSR count). The Morgan fingerprint density at radius 3 is 1.95 bits per heavy atom. The zero-order valence-corrected chi connectivity index (χ0v) is 27.6. The summed E-state index contributed by atoms with van der Waals surface area (Å²) in [4.78, 5) is 16.4. The Kier molecular flexibility index (Phi) is 10.4. The van der Waals surface area contributed by atoms with Crippen LogP contribution in [-0.2, 0) is 24.9 Å². The van der Waals surface area contributed by atoms with E-state index in [0.29, 0.717) is 0 Å². The molecule has 3 heterocycles. The third-order valence-corrected chi connectivity index (χ3v) is 6.61. The summed E-state index contributed by atoms with van der Waals surface area (Å²) < 4.78 is 9.57. The summed E-state index contributed by atoms with van der Waals surface area (Å²) >= 11 is 0. The van der Waals surface area contributed by atoms with Crippen LogP contribution >= 0.6 is 0 Å². The Morgan fingerprint density at radius 2 is 1.43 bits per heavy atom. The first kappa shape index (κ1) is 32.6. The smallest absolute Gasteiger partial charge is 0.164 e. The number of pyridine rings is 1. The molecule has 1 N–H and O–H groups in total. The Bertz CT molecular complexity index is 1660. The van der Waals surface area contributed by atoms with Gasteiger partial charge in [-0.1, -0.05) is 53.7 Å². The minimum atomic E-state index is -0.417. The monoisotopic (exact) mass is 741 g/mol. The van der Waals surface area contributed by atoms with E-state index in [2.05, 4.69) is 45.8 Å². The molecule has 6 nitrogen and oxygen atoms in total. The van der Waals surface area contributed by atoms with E-state index in [1.165, 1.54) is 6.08 Å². The van der Waals surface area contributed by atoms with Gasteiger partial charge in [0, 0.05) is 72.9 Å². The number of benzene rings is 2. The van der Waals surface area contributed by atoms with Crippen molar-refractivity contribution >= 4 is 16.7 Å². The standard InChI is InChI=1S/C24H18N3O.C11H20O2.Ir/c1-28-20-8-6-7-18(15-20)21-10-9-19-16-23(26-11-2-3-12-26)24(17-22(19)25-21)27-13-4-5-14-27;1-10(2,3)8(12)7-9(13)11(4,5)6;/h2-6,8-17H,1H3;7,12H,1-6H3;/q-1;;/b;8-7-;. The van der Waals surface area contributed by atoms with Gasteiger partial charge in [-0.25, -0.2) is 0 Å². The number of carbonyl (C=O) groups is 1. The van der Waals surface area contributed by atoms with Crippen molar-refractivity contribution in [3.8, 4) is 28.4 Å². The van der Waals surface area contributed by atoms with Crippen LogP contribution < -0.4 is 4.74 Å². The number of carbonyl (C=O) groups excluding carboxylic acids is 1. The van der Waals surface area contributed by atoms with Gasteiger partial charge >= 0.3 is 0 Å². The number of rotatable bonds is 5. The predicted octanol–water partition coefficient (Wildman–Crippen LogP) is 8.38. The molecule has 0 spiro atoms. The van der Waals surface area contributed by atoms with E-state index >= 15 is 0 Å². The molecule has 0 fully saturated rings. The van der Waals surface area contributed by atoms with Gasteiger partial charge in [0.15, 0.2) is 5.78 Å². The number of hydrogen-bond donors (Lipinski definition) is 1. The van der Waals surface area contributed by atoms with Crippen LogP contribution in [0.1, 0.15) is 41.5 Å². The molecule has 0 aliphatic heterocycles. The van der Waals surface area contributed by atoms with Gasteiger partial charge in [0.2, 0.25) is 0 Å². The first-order valence-corrected chi connectivity index (χ1v) is 13.6. The van der Waals surface area contributed by atoms with Crippen molar-refractivity contribution in [2.45, 2.75) is 41.5 Å². The summed E-state index contributed by atoms with van der Waals surface area (Å²) in [5, 5.41) is 10.6. The Hall–Kier alpha value is -3.93. The third-order valence-electron chi connectivity index (χ3n) is 6.61. The number of nitrogens with zero attached hydrogens (tertiary/aromatic N) is 3. The van der Waals surface area contributed by atoms with Crippen molar-refractivity contribution in [1.29, 1.82) is 0 Å². The molecule has 0 aliphatic carbocycles. The fraction of sp³-hybridized carbons (Fsp3) is 0.257. The molecule has 0 bridgehead atoms. The van der Waals surface area contributed by atoms with E-state index in [4.69, 9.17) is 9.72 Å². The molecular formula is C35H38IrN3O3-. The number of allylic oxidation sites excluding steroid dienone is 2. The van der Waals surface area contributed by atoms with Crippen LogP contribution in [0.15, 0.2) is 103 Å². The zero-order valence-electron chi connectivity index (χ0n) is 25.2. The predicted molar refractivity (Wildman–Crippen MR) is 166 cm³/mol. The van der Waals surface area contributed by atoms with Crippen molar-refractivity contribution in [1.82, 2.24) is 14.1 Å². The normalized spacial score (nSPS) is 11.8.